The van der Waals surface area contributed by atoms with E-state index < -0.39 is 0 Å². The minimum atomic E-state index is -0.379. The maximum atomic E-state index is 12.8. The number of carbonyl (C=O) groups excluding carboxylic acids is 2. The third kappa shape index (κ3) is 4.81. The molecule has 0 aliphatic carbocycles. The number of halogens is 2. The summed E-state index contributed by atoms with van der Waals surface area (Å²) in [5, 5.41) is 3.57. The van der Waals surface area contributed by atoms with Crippen LogP contribution in [-0.4, -0.2) is 34.8 Å². The van der Waals surface area contributed by atoms with Crippen LogP contribution in [0.3, 0.4) is 0 Å². The standard InChI is InChI=1S/C23H21Cl2N3O2/c1-3-28(4-2)23(30)15-8-10-17(20(25)13-15)22(29)27-16-9-11-19(24)18(14-16)21-7-5-6-12-26-21/h5-14H,3-4H2,1-2H3,(H,27,29). The van der Waals surface area contributed by atoms with Gasteiger partial charge in [-0.1, -0.05) is 29.3 Å². The summed E-state index contributed by atoms with van der Waals surface area (Å²) in [6.07, 6.45) is 1.68. The van der Waals surface area contributed by atoms with Crippen LogP contribution in [0.5, 0.6) is 0 Å². The molecule has 0 saturated carbocycles. The van der Waals surface area contributed by atoms with Gasteiger partial charge in [0, 0.05) is 36.1 Å². The van der Waals surface area contributed by atoms with Crippen LogP contribution in [0.1, 0.15) is 34.6 Å². The molecule has 0 aliphatic rings. The van der Waals surface area contributed by atoms with E-state index in [1.807, 2.05) is 32.0 Å². The van der Waals surface area contributed by atoms with Crippen molar-refractivity contribution in [3.63, 3.8) is 0 Å². The van der Waals surface area contributed by atoms with E-state index in [1.165, 1.54) is 6.07 Å². The van der Waals surface area contributed by atoms with Crippen LogP contribution >= 0.6 is 23.2 Å². The molecule has 0 unspecified atom stereocenters. The van der Waals surface area contributed by atoms with Crippen LogP contribution in [0.25, 0.3) is 11.3 Å². The summed E-state index contributed by atoms with van der Waals surface area (Å²) in [7, 11) is 0. The first kappa shape index (κ1) is 21.8. The molecule has 7 heteroatoms. The number of rotatable bonds is 6. The van der Waals surface area contributed by atoms with Gasteiger partial charge in [-0.3, -0.25) is 14.6 Å². The largest absolute Gasteiger partial charge is 0.339 e. The number of carbonyl (C=O) groups is 2. The molecule has 1 N–H and O–H groups in total. The van der Waals surface area contributed by atoms with Crippen LogP contribution in [0, 0.1) is 0 Å². The van der Waals surface area contributed by atoms with Gasteiger partial charge in [-0.15, -0.1) is 0 Å². The predicted molar refractivity (Wildman–Crippen MR) is 121 cm³/mol. The Labute approximate surface area is 185 Å². The topological polar surface area (TPSA) is 62.3 Å². The van der Waals surface area contributed by atoms with Gasteiger partial charge < -0.3 is 10.2 Å². The van der Waals surface area contributed by atoms with Crippen molar-refractivity contribution in [2.45, 2.75) is 13.8 Å². The van der Waals surface area contributed by atoms with Gasteiger partial charge in [0.1, 0.15) is 0 Å². The second-order valence-corrected chi connectivity index (χ2v) is 7.35. The summed E-state index contributed by atoms with van der Waals surface area (Å²) in [6.45, 7) is 5.03. The second kappa shape index (κ2) is 9.74. The van der Waals surface area contributed by atoms with E-state index in [4.69, 9.17) is 23.2 Å². The molecule has 2 amide bonds. The van der Waals surface area contributed by atoms with E-state index in [0.29, 0.717) is 40.6 Å². The molecule has 0 aliphatic heterocycles. The summed E-state index contributed by atoms with van der Waals surface area (Å²) in [5.74, 6) is -0.498. The SMILES string of the molecule is CCN(CC)C(=O)c1ccc(C(=O)Nc2ccc(Cl)c(-c3ccccn3)c2)c(Cl)c1. The summed E-state index contributed by atoms with van der Waals surface area (Å²) in [6, 6.07) is 15.4. The monoisotopic (exact) mass is 441 g/mol. The van der Waals surface area contributed by atoms with Gasteiger partial charge in [-0.05, 0) is 62.4 Å². The zero-order valence-corrected chi connectivity index (χ0v) is 18.2. The number of hydrogen-bond donors (Lipinski definition) is 1. The zero-order valence-electron chi connectivity index (χ0n) is 16.7. The third-order valence-electron chi connectivity index (χ3n) is 4.68. The molecular formula is C23H21Cl2N3O2. The minimum absolute atomic E-state index is 0.119. The predicted octanol–water partition coefficient (Wildman–Crippen LogP) is 5.79. The van der Waals surface area contributed by atoms with Crippen LogP contribution < -0.4 is 5.32 Å². The van der Waals surface area contributed by atoms with Gasteiger partial charge in [-0.25, -0.2) is 0 Å². The lowest BCUT2D eigenvalue weighted by atomic mass is 10.1. The first-order valence-electron chi connectivity index (χ1n) is 9.55. The highest BCUT2D eigenvalue weighted by molar-refractivity contribution is 6.35. The molecule has 3 aromatic rings. The van der Waals surface area contributed by atoms with Crippen molar-refractivity contribution in [3.05, 3.63) is 82.0 Å². The van der Waals surface area contributed by atoms with Crippen LogP contribution in [0.15, 0.2) is 60.8 Å². The molecule has 5 nitrogen and oxygen atoms in total. The number of nitrogens with one attached hydrogen (secondary N) is 1. The highest BCUT2D eigenvalue weighted by Crippen LogP contribution is 2.29. The van der Waals surface area contributed by atoms with Crippen molar-refractivity contribution in [2.75, 3.05) is 18.4 Å². The molecule has 0 radical (unpaired) electrons. The first-order chi connectivity index (χ1) is 14.4. The van der Waals surface area contributed by atoms with Crippen LogP contribution in [0.2, 0.25) is 10.0 Å². The smallest absolute Gasteiger partial charge is 0.257 e. The van der Waals surface area contributed by atoms with E-state index in [1.54, 1.807) is 41.4 Å². The lowest BCUT2D eigenvalue weighted by Gasteiger charge is -2.19. The average Bonchev–Trinajstić information content (AvgIpc) is 2.76. The third-order valence-corrected chi connectivity index (χ3v) is 5.32. The molecule has 3 rings (SSSR count). The molecule has 154 valence electrons. The molecule has 1 heterocycles. The summed E-state index contributed by atoms with van der Waals surface area (Å²) in [5.41, 5.74) is 2.70. The summed E-state index contributed by atoms with van der Waals surface area (Å²) in [4.78, 5) is 31.2. The zero-order chi connectivity index (χ0) is 21.7. The first-order valence-corrected chi connectivity index (χ1v) is 10.3. The van der Waals surface area contributed by atoms with Crippen LogP contribution in [0.4, 0.5) is 5.69 Å². The Morgan fingerprint density at radius 2 is 1.73 bits per heavy atom. The number of aromatic nitrogens is 1. The van der Waals surface area contributed by atoms with Gasteiger partial charge in [0.05, 0.1) is 21.3 Å². The molecule has 30 heavy (non-hydrogen) atoms. The molecule has 1 aromatic heterocycles. The van der Waals surface area contributed by atoms with Gasteiger partial charge >= 0.3 is 0 Å². The lowest BCUT2D eigenvalue weighted by Crippen LogP contribution is -2.30. The number of anilines is 1. The van der Waals surface area contributed by atoms with Crippen molar-refractivity contribution in [1.82, 2.24) is 9.88 Å². The molecular weight excluding hydrogens is 421 g/mol. The van der Waals surface area contributed by atoms with E-state index in [9.17, 15) is 9.59 Å². The lowest BCUT2D eigenvalue weighted by molar-refractivity contribution is 0.0772. The van der Waals surface area contributed by atoms with E-state index >= 15 is 0 Å². The van der Waals surface area contributed by atoms with Gasteiger partial charge in [0.15, 0.2) is 0 Å². The molecule has 0 fully saturated rings. The van der Waals surface area contributed by atoms with E-state index in [2.05, 4.69) is 10.3 Å². The van der Waals surface area contributed by atoms with Crippen molar-refractivity contribution < 1.29 is 9.59 Å². The highest BCUT2D eigenvalue weighted by atomic mass is 35.5. The van der Waals surface area contributed by atoms with Gasteiger partial charge in [0.2, 0.25) is 0 Å². The van der Waals surface area contributed by atoms with E-state index in [-0.39, 0.29) is 22.4 Å². The van der Waals surface area contributed by atoms with Crippen molar-refractivity contribution in [3.8, 4) is 11.3 Å². The maximum absolute atomic E-state index is 12.8. The fourth-order valence-corrected chi connectivity index (χ4v) is 3.53. The highest BCUT2D eigenvalue weighted by Gasteiger charge is 2.17. The molecule has 0 bridgehead atoms. The fourth-order valence-electron chi connectivity index (χ4n) is 3.05. The Morgan fingerprint density at radius 3 is 2.37 bits per heavy atom. The number of pyridine rings is 1. The average molecular weight is 442 g/mol. The Bertz CT molecular complexity index is 1070. The van der Waals surface area contributed by atoms with E-state index in [0.717, 1.165) is 0 Å². The Balaban J connectivity index is 1.82. The Hall–Kier alpha value is -2.89. The summed E-state index contributed by atoms with van der Waals surface area (Å²) >= 11 is 12.6. The van der Waals surface area contributed by atoms with Gasteiger partial charge in [-0.2, -0.15) is 0 Å². The molecule has 0 saturated heterocycles. The number of benzene rings is 2. The second-order valence-electron chi connectivity index (χ2n) is 6.54. The van der Waals surface area contributed by atoms with Crippen LogP contribution in [-0.2, 0) is 0 Å². The Morgan fingerprint density at radius 1 is 0.967 bits per heavy atom. The molecule has 0 atom stereocenters. The number of hydrogen-bond acceptors (Lipinski definition) is 3. The molecule has 0 spiro atoms. The van der Waals surface area contributed by atoms with Crippen molar-refractivity contribution in [2.24, 2.45) is 0 Å². The molecule has 2 aromatic carbocycles. The number of nitrogens with zero attached hydrogens (tertiary/aromatic N) is 2. The normalized spacial score (nSPS) is 10.5. The quantitative estimate of drug-likeness (QED) is 0.526. The fraction of sp³-hybridized carbons (Fsp3) is 0.174. The summed E-state index contributed by atoms with van der Waals surface area (Å²) < 4.78 is 0. The van der Waals surface area contributed by atoms with Crippen molar-refractivity contribution in [1.29, 1.82) is 0 Å². The maximum Gasteiger partial charge on any atom is 0.257 e. The number of amides is 2. The van der Waals surface area contributed by atoms with Crippen molar-refractivity contribution >= 4 is 40.7 Å². The van der Waals surface area contributed by atoms with Gasteiger partial charge in [0.25, 0.3) is 11.8 Å². The minimum Gasteiger partial charge on any atom is -0.339 e. The Kier molecular flexibility index (Phi) is 7.08.